The third-order valence-corrected chi connectivity index (χ3v) is 9.02. The summed E-state index contributed by atoms with van der Waals surface area (Å²) in [4.78, 5) is 31.7. The van der Waals surface area contributed by atoms with Crippen LogP contribution in [0, 0.1) is 17.8 Å². The van der Waals surface area contributed by atoms with E-state index in [0.717, 1.165) is 17.6 Å². The average molecular weight is 527 g/mol. The van der Waals surface area contributed by atoms with E-state index in [4.69, 9.17) is 14.3 Å². The van der Waals surface area contributed by atoms with Crippen molar-refractivity contribution >= 4 is 17.6 Å². The number of ether oxygens (including phenoxy) is 2. The van der Waals surface area contributed by atoms with E-state index < -0.39 is 47.6 Å². The third kappa shape index (κ3) is 4.07. The molecule has 1 aromatic carbocycles. The second kappa shape index (κ2) is 9.48. The Morgan fingerprint density at radius 2 is 1.89 bits per heavy atom. The molecule has 5 rings (SSSR count). The minimum atomic E-state index is -1.47. The number of nitrogens with one attached hydrogen (secondary N) is 1. The fraction of sp³-hybridized carbons (Fsp3) is 0.586. The molecule has 38 heavy (non-hydrogen) atoms. The molecular formula is C29H38N2O7. The summed E-state index contributed by atoms with van der Waals surface area (Å²) in [6.07, 6.45) is 0.619. The number of fused-ring (bicyclic) bond motifs is 4. The molecule has 0 amide bonds. The van der Waals surface area contributed by atoms with Crippen LogP contribution in [-0.2, 0) is 29.5 Å². The average Bonchev–Trinajstić information content (AvgIpc) is 3.21. The molecule has 9 heteroatoms. The quantitative estimate of drug-likeness (QED) is 0.402. The molecule has 0 bridgehead atoms. The molecule has 3 N–H and O–H groups in total. The molecule has 2 fully saturated rings. The van der Waals surface area contributed by atoms with Gasteiger partial charge >= 0.3 is 11.9 Å². The van der Waals surface area contributed by atoms with E-state index in [1.165, 1.54) is 6.92 Å². The van der Waals surface area contributed by atoms with Crippen molar-refractivity contribution in [2.75, 3.05) is 12.1 Å². The molecule has 9 unspecified atom stereocenters. The van der Waals surface area contributed by atoms with E-state index in [0.29, 0.717) is 17.7 Å². The number of nitrogens with zero attached hydrogens (tertiary/aromatic N) is 1. The molecule has 0 aromatic heterocycles. The van der Waals surface area contributed by atoms with Crippen LogP contribution in [0.3, 0.4) is 0 Å². The van der Waals surface area contributed by atoms with Crippen LogP contribution in [0.15, 0.2) is 48.1 Å². The Labute approximate surface area is 223 Å². The van der Waals surface area contributed by atoms with Gasteiger partial charge in [-0.15, -0.1) is 0 Å². The zero-order chi connectivity index (χ0) is 27.6. The first-order valence-electron chi connectivity index (χ1n) is 13.3. The summed E-state index contributed by atoms with van der Waals surface area (Å²) >= 11 is 0. The Morgan fingerprint density at radius 3 is 2.58 bits per heavy atom. The minimum absolute atomic E-state index is 0.000690. The smallest absolute Gasteiger partial charge is 0.323 e. The van der Waals surface area contributed by atoms with Gasteiger partial charge < -0.3 is 19.7 Å². The largest absolute Gasteiger partial charge is 0.454 e. The van der Waals surface area contributed by atoms with Crippen LogP contribution in [0.5, 0.6) is 0 Å². The van der Waals surface area contributed by atoms with Crippen LogP contribution < -0.4 is 10.4 Å². The van der Waals surface area contributed by atoms with Gasteiger partial charge in [0, 0.05) is 31.9 Å². The maximum Gasteiger partial charge on any atom is 0.323 e. The number of para-hydroxylation sites is 1. The topological polar surface area (TPSA) is 118 Å². The van der Waals surface area contributed by atoms with Crippen molar-refractivity contribution in [2.24, 2.45) is 17.8 Å². The van der Waals surface area contributed by atoms with E-state index >= 15 is 0 Å². The summed E-state index contributed by atoms with van der Waals surface area (Å²) in [5.41, 5.74) is 0.113. The Morgan fingerprint density at radius 1 is 1.18 bits per heavy atom. The van der Waals surface area contributed by atoms with Crippen LogP contribution in [-0.4, -0.2) is 59.3 Å². The van der Waals surface area contributed by atoms with Crippen LogP contribution in [0.2, 0.25) is 0 Å². The predicted molar refractivity (Wildman–Crippen MR) is 139 cm³/mol. The van der Waals surface area contributed by atoms with Gasteiger partial charge in [0.25, 0.3) is 0 Å². The van der Waals surface area contributed by atoms with Crippen molar-refractivity contribution < 1.29 is 34.1 Å². The molecule has 4 aliphatic rings. The fourth-order valence-corrected chi connectivity index (χ4v) is 6.97. The summed E-state index contributed by atoms with van der Waals surface area (Å²) in [5, 5.41) is 28.6. The Balaban J connectivity index is 1.47. The lowest BCUT2D eigenvalue weighted by molar-refractivity contribution is -0.221. The number of carbonyl (C=O) groups excluding carboxylic acids is 2. The van der Waals surface area contributed by atoms with Gasteiger partial charge in [0.2, 0.25) is 0 Å². The zero-order valence-corrected chi connectivity index (χ0v) is 22.6. The lowest BCUT2D eigenvalue weighted by atomic mass is 9.56. The molecule has 0 spiro atoms. The van der Waals surface area contributed by atoms with Crippen molar-refractivity contribution in [2.45, 2.75) is 82.6 Å². The SMILES string of the molecule is C=C(C)C1CCC(C)C2(O)C1C=C(C)C(OC(C)=O)C2OC(=O)C1CC2(O)c3ccccc3N(C)OC2N1. The number of allylic oxidation sites excluding steroid dienone is 1. The van der Waals surface area contributed by atoms with Gasteiger partial charge in [-0.25, -0.2) is 0 Å². The molecule has 9 atom stereocenters. The van der Waals surface area contributed by atoms with Crippen molar-refractivity contribution in [3.63, 3.8) is 0 Å². The first-order valence-corrected chi connectivity index (χ1v) is 13.3. The van der Waals surface area contributed by atoms with Crippen LogP contribution >= 0.6 is 0 Å². The number of anilines is 1. The number of hydroxylamine groups is 1. The zero-order valence-electron chi connectivity index (χ0n) is 22.6. The van der Waals surface area contributed by atoms with Crippen molar-refractivity contribution in [1.82, 2.24) is 5.32 Å². The van der Waals surface area contributed by atoms with Crippen LogP contribution in [0.4, 0.5) is 5.69 Å². The summed E-state index contributed by atoms with van der Waals surface area (Å²) in [5.74, 6) is -1.75. The van der Waals surface area contributed by atoms with E-state index in [2.05, 4.69) is 11.9 Å². The number of hydrogen-bond donors (Lipinski definition) is 3. The monoisotopic (exact) mass is 526 g/mol. The van der Waals surface area contributed by atoms with Gasteiger partial charge in [-0.2, -0.15) is 0 Å². The van der Waals surface area contributed by atoms with Crippen LogP contribution in [0.1, 0.15) is 52.5 Å². The molecule has 2 heterocycles. The molecule has 1 saturated heterocycles. The predicted octanol–water partition coefficient (Wildman–Crippen LogP) is 2.72. The van der Waals surface area contributed by atoms with E-state index in [-0.39, 0.29) is 24.2 Å². The second-order valence-corrected chi connectivity index (χ2v) is 11.5. The van der Waals surface area contributed by atoms with Crippen molar-refractivity contribution in [3.8, 4) is 0 Å². The molecule has 2 aliphatic carbocycles. The molecule has 0 radical (unpaired) electrons. The van der Waals surface area contributed by atoms with Gasteiger partial charge in [-0.1, -0.05) is 43.4 Å². The molecule has 206 valence electrons. The molecule has 1 aromatic rings. The summed E-state index contributed by atoms with van der Waals surface area (Å²) < 4.78 is 11.8. The maximum atomic E-state index is 13.7. The highest BCUT2D eigenvalue weighted by molar-refractivity contribution is 5.77. The number of carbonyl (C=O) groups is 2. The van der Waals surface area contributed by atoms with Gasteiger partial charge in [0.05, 0.1) is 5.69 Å². The highest BCUT2D eigenvalue weighted by Gasteiger charge is 2.61. The van der Waals surface area contributed by atoms with Crippen molar-refractivity contribution in [3.05, 3.63) is 53.6 Å². The van der Waals surface area contributed by atoms with Crippen molar-refractivity contribution in [1.29, 1.82) is 0 Å². The van der Waals surface area contributed by atoms with E-state index in [1.807, 2.05) is 51.1 Å². The summed E-state index contributed by atoms with van der Waals surface area (Å²) in [7, 11) is 1.74. The van der Waals surface area contributed by atoms with E-state index in [1.54, 1.807) is 12.1 Å². The Bertz CT molecular complexity index is 1180. The third-order valence-electron chi connectivity index (χ3n) is 9.02. The minimum Gasteiger partial charge on any atom is -0.454 e. The normalized spacial score (nSPS) is 39.8. The van der Waals surface area contributed by atoms with Gasteiger partial charge in [-0.05, 0) is 50.2 Å². The standard InChI is InChI=1S/C29H38N2O7/c1-15(2)19-12-11-17(4)29(35)21(19)13-16(3)24(36-18(5)32)25(29)37-26(33)22-14-28(34)20-9-7-8-10-23(20)31(6)38-27(28)30-22/h7-10,13,17,19,21-22,24-25,27,30,34-35H,1,11-12,14H2,2-6H3. The molecule has 9 nitrogen and oxygen atoms in total. The number of rotatable bonds is 4. The lowest BCUT2D eigenvalue weighted by Gasteiger charge is -2.55. The van der Waals surface area contributed by atoms with E-state index in [9.17, 15) is 19.8 Å². The summed E-state index contributed by atoms with van der Waals surface area (Å²) in [6, 6.07) is 6.43. The molecule has 2 aliphatic heterocycles. The first kappa shape index (κ1) is 26.9. The maximum absolute atomic E-state index is 13.7. The molecule has 1 saturated carbocycles. The van der Waals surface area contributed by atoms with Gasteiger partial charge in [-0.3, -0.25) is 24.8 Å². The number of benzene rings is 1. The van der Waals surface area contributed by atoms with Gasteiger partial charge in [0.15, 0.2) is 18.4 Å². The fourth-order valence-electron chi connectivity index (χ4n) is 6.97. The second-order valence-electron chi connectivity index (χ2n) is 11.5. The number of esters is 2. The number of hydrogen-bond acceptors (Lipinski definition) is 9. The lowest BCUT2D eigenvalue weighted by Crippen LogP contribution is -2.66. The highest BCUT2D eigenvalue weighted by Crippen LogP contribution is 2.52. The van der Waals surface area contributed by atoms with Gasteiger partial charge in [0.1, 0.15) is 17.2 Å². The van der Waals surface area contributed by atoms with Crippen LogP contribution in [0.25, 0.3) is 0 Å². The Kier molecular flexibility index (Phi) is 6.70. The highest BCUT2D eigenvalue weighted by atomic mass is 16.7. The number of aliphatic hydroxyl groups is 2. The first-order chi connectivity index (χ1) is 17.9. The summed E-state index contributed by atoms with van der Waals surface area (Å²) in [6.45, 7) is 11.2. The molecular weight excluding hydrogens is 488 g/mol. The Hall–Kier alpha value is -2.72.